The molecule has 0 atom stereocenters. The average Bonchev–Trinajstić information content (AvgIpc) is 2.45. The summed E-state index contributed by atoms with van der Waals surface area (Å²) in [6, 6.07) is 8.70. The molecule has 2 N–H and O–H groups in total. The Balaban J connectivity index is 2.20. The first-order valence-electron chi connectivity index (χ1n) is 6.66. The summed E-state index contributed by atoms with van der Waals surface area (Å²) < 4.78 is 0. The number of aryl methyl sites for hydroxylation is 1. The standard InChI is InChI=1S/C14H17N5O2/c1-3-15-13-8-7-12(19(20)21)14(18-13)16-9-11-6-4-5-10(2)17-11/h4-8H,3,9H2,1-2H3,(H2,15,16,18). The van der Waals surface area contributed by atoms with Gasteiger partial charge in [-0.25, -0.2) is 4.98 Å². The predicted octanol–water partition coefficient (Wildman–Crippen LogP) is 2.74. The van der Waals surface area contributed by atoms with Gasteiger partial charge in [0, 0.05) is 18.3 Å². The second kappa shape index (κ2) is 6.65. The van der Waals surface area contributed by atoms with Crippen molar-refractivity contribution < 1.29 is 4.92 Å². The van der Waals surface area contributed by atoms with Gasteiger partial charge in [0.05, 0.1) is 17.2 Å². The zero-order chi connectivity index (χ0) is 15.2. The normalized spacial score (nSPS) is 10.2. The first kappa shape index (κ1) is 14.7. The highest BCUT2D eigenvalue weighted by Crippen LogP contribution is 2.24. The van der Waals surface area contributed by atoms with Gasteiger partial charge >= 0.3 is 5.69 Å². The van der Waals surface area contributed by atoms with Crippen LogP contribution >= 0.6 is 0 Å². The largest absolute Gasteiger partial charge is 0.370 e. The maximum atomic E-state index is 11.0. The van der Waals surface area contributed by atoms with Gasteiger partial charge in [-0.05, 0) is 32.0 Å². The number of hydrogen-bond donors (Lipinski definition) is 2. The molecule has 0 radical (unpaired) electrons. The minimum absolute atomic E-state index is 0.0516. The second-order valence-corrected chi connectivity index (χ2v) is 4.48. The zero-order valence-corrected chi connectivity index (χ0v) is 12.0. The number of anilines is 2. The summed E-state index contributed by atoms with van der Waals surface area (Å²) in [7, 11) is 0. The van der Waals surface area contributed by atoms with Crippen LogP contribution in [0.25, 0.3) is 0 Å². The summed E-state index contributed by atoms with van der Waals surface area (Å²) in [5, 5.41) is 17.1. The van der Waals surface area contributed by atoms with Crippen molar-refractivity contribution in [1.82, 2.24) is 9.97 Å². The molecule has 7 nitrogen and oxygen atoms in total. The summed E-state index contributed by atoms with van der Waals surface area (Å²) in [6.45, 7) is 4.91. The molecule has 0 saturated heterocycles. The highest BCUT2D eigenvalue weighted by atomic mass is 16.6. The van der Waals surface area contributed by atoms with E-state index in [1.165, 1.54) is 6.07 Å². The van der Waals surface area contributed by atoms with Gasteiger partial charge in [0.25, 0.3) is 0 Å². The number of nitrogens with one attached hydrogen (secondary N) is 2. The third kappa shape index (κ3) is 3.88. The Morgan fingerprint density at radius 2 is 2.00 bits per heavy atom. The molecule has 2 aromatic heterocycles. The SMILES string of the molecule is CCNc1ccc([N+](=O)[O-])c(NCc2cccc(C)n2)n1. The fraction of sp³-hybridized carbons (Fsp3) is 0.286. The zero-order valence-electron chi connectivity index (χ0n) is 12.0. The summed E-state index contributed by atoms with van der Waals surface area (Å²) in [6.07, 6.45) is 0. The number of nitro groups is 1. The van der Waals surface area contributed by atoms with Crippen molar-refractivity contribution in [3.63, 3.8) is 0 Å². The summed E-state index contributed by atoms with van der Waals surface area (Å²) in [5.74, 6) is 0.838. The van der Waals surface area contributed by atoms with Gasteiger partial charge in [0.2, 0.25) is 5.82 Å². The van der Waals surface area contributed by atoms with Crippen LogP contribution in [0.15, 0.2) is 30.3 Å². The third-order valence-corrected chi connectivity index (χ3v) is 2.81. The van der Waals surface area contributed by atoms with Crippen molar-refractivity contribution >= 4 is 17.3 Å². The lowest BCUT2D eigenvalue weighted by Crippen LogP contribution is -2.08. The maximum absolute atomic E-state index is 11.0. The molecule has 0 spiro atoms. The van der Waals surface area contributed by atoms with E-state index >= 15 is 0 Å². The minimum atomic E-state index is -0.450. The number of rotatable bonds is 6. The fourth-order valence-corrected chi connectivity index (χ4v) is 1.88. The Bertz CT molecular complexity index is 645. The van der Waals surface area contributed by atoms with E-state index in [1.54, 1.807) is 6.07 Å². The number of nitrogens with zero attached hydrogens (tertiary/aromatic N) is 3. The van der Waals surface area contributed by atoms with E-state index in [2.05, 4.69) is 20.6 Å². The molecule has 2 rings (SSSR count). The van der Waals surface area contributed by atoms with Gasteiger partial charge in [0.1, 0.15) is 5.82 Å². The van der Waals surface area contributed by atoms with Crippen LogP contribution in [0.2, 0.25) is 0 Å². The highest BCUT2D eigenvalue weighted by molar-refractivity contribution is 5.60. The van der Waals surface area contributed by atoms with E-state index in [4.69, 9.17) is 0 Å². The molecule has 21 heavy (non-hydrogen) atoms. The first-order chi connectivity index (χ1) is 10.1. The number of hydrogen-bond acceptors (Lipinski definition) is 6. The lowest BCUT2D eigenvalue weighted by atomic mass is 10.3. The van der Waals surface area contributed by atoms with Crippen LogP contribution in [0.3, 0.4) is 0 Å². The molecule has 0 aliphatic rings. The quantitative estimate of drug-likeness (QED) is 0.627. The lowest BCUT2D eigenvalue weighted by molar-refractivity contribution is -0.384. The van der Waals surface area contributed by atoms with Crippen molar-refractivity contribution in [3.05, 3.63) is 51.8 Å². The smallest absolute Gasteiger partial charge is 0.311 e. The van der Waals surface area contributed by atoms with Gasteiger partial charge in [0.15, 0.2) is 0 Å². The van der Waals surface area contributed by atoms with Crippen molar-refractivity contribution in [3.8, 4) is 0 Å². The Morgan fingerprint density at radius 3 is 2.67 bits per heavy atom. The molecule has 2 aromatic rings. The molecular weight excluding hydrogens is 270 g/mol. The first-order valence-corrected chi connectivity index (χ1v) is 6.66. The van der Waals surface area contributed by atoms with Gasteiger partial charge in [-0.2, -0.15) is 0 Å². The van der Waals surface area contributed by atoms with E-state index in [-0.39, 0.29) is 11.5 Å². The van der Waals surface area contributed by atoms with Gasteiger partial charge in [-0.3, -0.25) is 15.1 Å². The Hall–Kier alpha value is -2.70. The topological polar surface area (TPSA) is 93.0 Å². The Kier molecular flexibility index (Phi) is 4.65. The number of pyridine rings is 2. The molecule has 0 aliphatic heterocycles. The minimum Gasteiger partial charge on any atom is -0.370 e. The molecule has 0 aromatic carbocycles. The van der Waals surface area contributed by atoms with Gasteiger partial charge < -0.3 is 10.6 Å². The summed E-state index contributed by atoms with van der Waals surface area (Å²) in [5.41, 5.74) is 1.66. The highest BCUT2D eigenvalue weighted by Gasteiger charge is 2.15. The van der Waals surface area contributed by atoms with Crippen LogP contribution in [0.5, 0.6) is 0 Å². The molecule has 7 heteroatoms. The molecule has 0 unspecified atom stereocenters. The van der Waals surface area contributed by atoms with Crippen LogP contribution in [0.4, 0.5) is 17.3 Å². The molecule has 0 bridgehead atoms. The summed E-state index contributed by atoms with van der Waals surface area (Å²) >= 11 is 0. The van der Waals surface area contributed by atoms with Crippen LogP contribution in [0, 0.1) is 17.0 Å². The monoisotopic (exact) mass is 287 g/mol. The second-order valence-electron chi connectivity index (χ2n) is 4.48. The lowest BCUT2D eigenvalue weighted by Gasteiger charge is -2.09. The van der Waals surface area contributed by atoms with E-state index in [1.807, 2.05) is 32.0 Å². The van der Waals surface area contributed by atoms with Crippen LogP contribution in [-0.4, -0.2) is 21.4 Å². The van der Waals surface area contributed by atoms with Crippen LogP contribution in [-0.2, 0) is 6.54 Å². The molecule has 2 heterocycles. The van der Waals surface area contributed by atoms with Crippen molar-refractivity contribution in [2.75, 3.05) is 17.2 Å². The van der Waals surface area contributed by atoms with E-state index < -0.39 is 4.92 Å². The maximum Gasteiger partial charge on any atom is 0.311 e. The van der Waals surface area contributed by atoms with Crippen molar-refractivity contribution in [2.45, 2.75) is 20.4 Å². The molecule has 0 fully saturated rings. The predicted molar refractivity (Wildman–Crippen MR) is 81.4 cm³/mol. The molecule has 0 amide bonds. The molecule has 0 saturated carbocycles. The molecular formula is C14H17N5O2. The van der Waals surface area contributed by atoms with E-state index in [0.717, 1.165) is 11.4 Å². The average molecular weight is 287 g/mol. The molecule has 0 aliphatic carbocycles. The van der Waals surface area contributed by atoms with Crippen molar-refractivity contribution in [1.29, 1.82) is 0 Å². The molecule has 110 valence electrons. The summed E-state index contributed by atoms with van der Waals surface area (Å²) in [4.78, 5) is 19.2. The van der Waals surface area contributed by atoms with Crippen LogP contribution < -0.4 is 10.6 Å². The Labute approximate surface area is 122 Å². The van der Waals surface area contributed by atoms with E-state index in [0.29, 0.717) is 18.9 Å². The Morgan fingerprint density at radius 1 is 1.19 bits per heavy atom. The van der Waals surface area contributed by atoms with E-state index in [9.17, 15) is 10.1 Å². The fourth-order valence-electron chi connectivity index (χ4n) is 1.88. The van der Waals surface area contributed by atoms with Gasteiger partial charge in [-0.15, -0.1) is 0 Å². The van der Waals surface area contributed by atoms with Gasteiger partial charge in [-0.1, -0.05) is 6.07 Å². The van der Waals surface area contributed by atoms with Crippen molar-refractivity contribution in [2.24, 2.45) is 0 Å². The number of aromatic nitrogens is 2. The third-order valence-electron chi connectivity index (χ3n) is 2.81. The van der Waals surface area contributed by atoms with Crippen LogP contribution in [0.1, 0.15) is 18.3 Å².